The Balaban J connectivity index is 2.01. The van der Waals surface area contributed by atoms with E-state index in [1.807, 2.05) is 20.8 Å². The van der Waals surface area contributed by atoms with Crippen molar-refractivity contribution in [2.24, 2.45) is 14.1 Å². The van der Waals surface area contributed by atoms with Gasteiger partial charge in [0.05, 0.1) is 5.75 Å². The molecule has 11 heteroatoms. The van der Waals surface area contributed by atoms with Crippen LogP contribution in [-0.4, -0.2) is 30.8 Å². The van der Waals surface area contributed by atoms with Gasteiger partial charge in [0.1, 0.15) is 16.2 Å². The van der Waals surface area contributed by atoms with Gasteiger partial charge >= 0.3 is 5.69 Å². The zero-order valence-electron chi connectivity index (χ0n) is 17.6. The SMILES string of the molecule is Cn1c(=O)c2c(SCC(=O)Nc3cc(Cl)cc(Cl)c3)nc(C(C)(C)C)nc2n(C)c1=O. The number of benzene rings is 1. The first-order chi connectivity index (χ1) is 14.4. The van der Waals surface area contributed by atoms with Gasteiger partial charge in [-0.1, -0.05) is 55.7 Å². The van der Waals surface area contributed by atoms with Crippen molar-refractivity contribution in [2.45, 2.75) is 31.2 Å². The molecule has 0 saturated heterocycles. The Bertz CT molecular complexity index is 1290. The summed E-state index contributed by atoms with van der Waals surface area (Å²) in [4.78, 5) is 46.7. The molecule has 0 bridgehead atoms. The van der Waals surface area contributed by atoms with Crippen molar-refractivity contribution in [2.75, 3.05) is 11.1 Å². The van der Waals surface area contributed by atoms with Gasteiger partial charge in [0, 0.05) is 35.2 Å². The predicted molar refractivity (Wildman–Crippen MR) is 125 cm³/mol. The highest BCUT2D eigenvalue weighted by molar-refractivity contribution is 8.00. The summed E-state index contributed by atoms with van der Waals surface area (Å²) in [5, 5.41) is 4.06. The van der Waals surface area contributed by atoms with Crippen LogP contribution in [0.5, 0.6) is 0 Å². The first-order valence-corrected chi connectivity index (χ1v) is 11.0. The molecule has 164 valence electrons. The molecule has 2 aromatic heterocycles. The molecule has 31 heavy (non-hydrogen) atoms. The van der Waals surface area contributed by atoms with Crippen molar-refractivity contribution in [3.8, 4) is 0 Å². The fourth-order valence-electron chi connectivity index (χ4n) is 2.83. The fourth-order valence-corrected chi connectivity index (χ4v) is 4.17. The molecule has 0 atom stereocenters. The summed E-state index contributed by atoms with van der Waals surface area (Å²) in [7, 11) is 2.94. The molecule has 3 aromatic rings. The van der Waals surface area contributed by atoms with Crippen molar-refractivity contribution in [3.05, 3.63) is 54.9 Å². The van der Waals surface area contributed by atoms with Gasteiger partial charge in [0.25, 0.3) is 5.56 Å². The van der Waals surface area contributed by atoms with Gasteiger partial charge < -0.3 is 5.32 Å². The minimum Gasteiger partial charge on any atom is -0.325 e. The smallest absolute Gasteiger partial charge is 0.325 e. The van der Waals surface area contributed by atoms with Crippen molar-refractivity contribution in [1.29, 1.82) is 0 Å². The second kappa shape index (κ2) is 8.64. The lowest BCUT2D eigenvalue weighted by Crippen LogP contribution is -2.38. The first kappa shape index (κ1) is 23.3. The average molecular weight is 482 g/mol. The number of nitrogens with zero attached hydrogens (tertiary/aromatic N) is 4. The Hall–Kier alpha value is -2.36. The second-order valence-corrected chi connectivity index (χ2v) is 9.84. The van der Waals surface area contributed by atoms with Gasteiger partial charge in [-0.15, -0.1) is 0 Å². The molecular weight excluding hydrogens is 461 g/mol. The Morgan fingerprint density at radius 3 is 2.26 bits per heavy atom. The number of aryl methyl sites for hydroxylation is 1. The Morgan fingerprint density at radius 1 is 1.06 bits per heavy atom. The molecule has 0 spiro atoms. The number of fused-ring (bicyclic) bond motifs is 1. The third-order valence-electron chi connectivity index (χ3n) is 4.42. The average Bonchev–Trinajstić information content (AvgIpc) is 2.66. The lowest BCUT2D eigenvalue weighted by Gasteiger charge is -2.19. The van der Waals surface area contributed by atoms with Gasteiger partial charge in [-0.3, -0.25) is 18.7 Å². The normalized spacial score (nSPS) is 11.7. The molecule has 0 aliphatic heterocycles. The highest BCUT2D eigenvalue weighted by Gasteiger charge is 2.24. The highest BCUT2D eigenvalue weighted by Crippen LogP contribution is 2.27. The van der Waals surface area contributed by atoms with E-state index in [-0.39, 0.29) is 22.7 Å². The van der Waals surface area contributed by atoms with Gasteiger partial charge in [0.2, 0.25) is 5.91 Å². The molecule has 0 unspecified atom stereocenters. The maximum absolute atomic E-state index is 12.8. The van der Waals surface area contributed by atoms with E-state index in [1.165, 1.54) is 11.6 Å². The molecule has 8 nitrogen and oxygen atoms in total. The predicted octanol–water partition coefficient (Wildman–Crippen LogP) is 3.36. The largest absolute Gasteiger partial charge is 0.332 e. The number of halogens is 2. The zero-order chi connectivity index (χ0) is 23.1. The summed E-state index contributed by atoms with van der Waals surface area (Å²) in [5.41, 5.74) is -0.729. The van der Waals surface area contributed by atoms with E-state index >= 15 is 0 Å². The summed E-state index contributed by atoms with van der Waals surface area (Å²) in [5.74, 6) is 0.119. The zero-order valence-corrected chi connectivity index (χ0v) is 19.9. The van der Waals surface area contributed by atoms with E-state index in [0.717, 1.165) is 16.3 Å². The summed E-state index contributed by atoms with van der Waals surface area (Å²) < 4.78 is 2.31. The van der Waals surface area contributed by atoms with Crippen molar-refractivity contribution in [3.63, 3.8) is 0 Å². The Morgan fingerprint density at radius 2 is 1.68 bits per heavy atom. The molecule has 1 N–H and O–H groups in total. The Kier molecular flexibility index (Phi) is 6.50. The summed E-state index contributed by atoms with van der Waals surface area (Å²) >= 11 is 13.0. The lowest BCUT2D eigenvalue weighted by atomic mass is 9.96. The second-order valence-electron chi connectivity index (χ2n) is 8.00. The molecule has 2 heterocycles. The van der Waals surface area contributed by atoms with Crippen molar-refractivity contribution in [1.82, 2.24) is 19.1 Å². The first-order valence-electron chi connectivity index (χ1n) is 9.25. The van der Waals surface area contributed by atoms with Crippen LogP contribution in [0.2, 0.25) is 10.0 Å². The van der Waals surface area contributed by atoms with Crippen LogP contribution in [0.15, 0.2) is 32.8 Å². The van der Waals surface area contributed by atoms with E-state index in [9.17, 15) is 14.4 Å². The fraction of sp³-hybridized carbons (Fsp3) is 0.350. The topological polar surface area (TPSA) is 98.9 Å². The molecule has 1 amide bonds. The lowest BCUT2D eigenvalue weighted by molar-refractivity contribution is -0.113. The van der Waals surface area contributed by atoms with Crippen LogP contribution in [0.25, 0.3) is 11.0 Å². The van der Waals surface area contributed by atoms with Crippen LogP contribution >= 0.6 is 35.0 Å². The summed E-state index contributed by atoms with van der Waals surface area (Å²) in [6.45, 7) is 5.78. The standard InChI is InChI=1S/C20H21Cl2N5O3S/c1-20(2,3)18-24-15-14(17(29)27(5)19(30)26(15)4)16(25-18)31-9-13(28)23-12-7-10(21)6-11(22)8-12/h6-8H,9H2,1-5H3,(H,23,28). The molecular formula is C20H21Cl2N5O3S. The van der Waals surface area contributed by atoms with Crippen LogP contribution < -0.4 is 16.6 Å². The summed E-state index contributed by atoms with van der Waals surface area (Å²) in [6.07, 6.45) is 0. The monoisotopic (exact) mass is 481 g/mol. The van der Waals surface area contributed by atoms with Crippen LogP contribution in [0.3, 0.4) is 0 Å². The van der Waals surface area contributed by atoms with E-state index in [2.05, 4.69) is 15.3 Å². The molecule has 0 radical (unpaired) electrons. The van der Waals surface area contributed by atoms with Crippen LogP contribution in [-0.2, 0) is 24.3 Å². The number of carbonyl (C=O) groups is 1. The number of hydrogen-bond acceptors (Lipinski definition) is 6. The molecule has 0 aliphatic carbocycles. The third kappa shape index (κ3) is 4.94. The Labute approximate surface area is 192 Å². The molecule has 3 rings (SSSR count). The van der Waals surface area contributed by atoms with Gasteiger partial charge in [-0.05, 0) is 18.2 Å². The number of nitrogens with one attached hydrogen (secondary N) is 1. The minimum atomic E-state index is -0.511. The van der Waals surface area contributed by atoms with Crippen molar-refractivity contribution < 1.29 is 4.79 Å². The third-order valence-corrected chi connectivity index (χ3v) is 5.84. The number of carbonyl (C=O) groups excluding carboxylic acids is 1. The number of amides is 1. The van der Waals surface area contributed by atoms with Gasteiger partial charge in [-0.25, -0.2) is 14.8 Å². The van der Waals surface area contributed by atoms with Crippen LogP contribution in [0.4, 0.5) is 5.69 Å². The number of aromatic nitrogens is 4. The number of rotatable bonds is 4. The molecule has 0 saturated carbocycles. The van der Waals surface area contributed by atoms with Crippen molar-refractivity contribution >= 4 is 57.6 Å². The van der Waals surface area contributed by atoms with Gasteiger partial charge in [-0.2, -0.15) is 0 Å². The maximum Gasteiger partial charge on any atom is 0.332 e. The molecule has 0 fully saturated rings. The highest BCUT2D eigenvalue weighted by atomic mass is 35.5. The minimum absolute atomic E-state index is 0.0220. The molecule has 0 aliphatic rings. The number of hydrogen-bond donors (Lipinski definition) is 1. The maximum atomic E-state index is 12.8. The summed E-state index contributed by atoms with van der Waals surface area (Å²) in [6, 6.07) is 4.73. The van der Waals surface area contributed by atoms with E-state index in [4.69, 9.17) is 23.2 Å². The van der Waals surface area contributed by atoms with E-state index in [0.29, 0.717) is 26.6 Å². The molecule has 1 aromatic carbocycles. The number of anilines is 1. The van der Waals surface area contributed by atoms with E-state index < -0.39 is 16.7 Å². The quantitative estimate of drug-likeness (QED) is 0.452. The van der Waals surface area contributed by atoms with E-state index in [1.54, 1.807) is 25.2 Å². The van der Waals surface area contributed by atoms with Crippen LogP contribution in [0, 0.1) is 0 Å². The van der Waals surface area contributed by atoms with Gasteiger partial charge in [0.15, 0.2) is 5.65 Å². The van der Waals surface area contributed by atoms with Crippen LogP contribution in [0.1, 0.15) is 26.6 Å². The number of thioether (sulfide) groups is 1.